The molecular formula is C17H17BrN2O2S. The van der Waals surface area contributed by atoms with Gasteiger partial charge in [0.2, 0.25) is 11.8 Å². The quantitative estimate of drug-likeness (QED) is 0.270. The van der Waals surface area contributed by atoms with E-state index in [0.29, 0.717) is 22.7 Å². The maximum atomic E-state index is 13.0. The third kappa shape index (κ3) is 4.43. The van der Waals surface area contributed by atoms with Crippen molar-refractivity contribution in [3.63, 3.8) is 0 Å². The lowest BCUT2D eigenvalue weighted by Gasteiger charge is -2.18. The number of nitrogens with zero attached hydrogens (tertiary/aromatic N) is 2. The molecule has 0 aliphatic rings. The van der Waals surface area contributed by atoms with Crippen LogP contribution in [-0.4, -0.2) is 22.5 Å². The summed E-state index contributed by atoms with van der Waals surface area (Å²) < 4.78 is 2.53. The third-order valence-electron chi connectivity index (χ3n) is 3.27. The lowest BCUT2D eigenvalue weighted by Crippen LogP contribution is -2.48. The summed E-state index contributed by atoms with van der Waals surface area (Å²) in [7, 11) is 0. The number of carbonyl (C=O) groups is 1. The minimum Gasteiger partial charge on any atom is -0.758 e. The predicted molar refractivity (Wildman–Crippen MR) is 95.4 cm³/mol. The average Bonchev–Trinajstić information content (AvgIpc) is 2.55. The molecule has 0 aliphatic carbocycles. The number of halogens is 1. The summed E-state index contributed by atoms with van der Waals surface area (Å²) in [5.74, 6) is -0.131. The van der Waals surface area contributed by atoms with Gasteiger partial charge in [0.15, 0.2) is 12.4 Å². The number of rotatable bonds is 6. The number of aliphatic imine (C=N–C) groups is 1. The molecule has 1 unspecified atom stereocenters. The van der Waals surface area contributed by atoms with E-state index in [1.165, 1.54) is 0 Å². The lowest BCUT2D eigenvalue weighted by molar-refractivity contribution is -0.692. The number of aromatic nitrogens is 1. The van der Waals surface area contributed by atoms with E-state index in [0.717, 1.165) is 4.47 Å². The number of ketones is 1. The molecule has 1 aromatic carbocycles. The van der Waals surface area contributed by atoms with Crippen LogP contribution in [0.15, 0.2) is 58.3 Å². The summed E-state index contributed by atoms with van der Waals surface area (Å²) in [6, 6.07) is 10.1. The number of benzene rings is 1. The van der Waals surface area contributed by atoms with Crippen LogP contribution in [0.4, 0.5) is 0 Å². The van der Waals surface area contributed by atoms with Gasteiger partial charge in [-0.2, -0.15) is 4.57 Å². The second-order valence-corrected chi connectivity index (χ2v) is 6.24. The topological polar surface area (TPSA) is 53.5 Å². The van der Waals surface area contributed by atoms with Crippen LogP contribution < -0.4 is 4.57 Å². The normalized spacial score (nSPS) is 12.9. The van der Waals surface area contributed by atoms with Gasteiger partial charge in [-0.3, -0.25) is 4.79 Å². The van der Waals surface area contributed by atoms with Gasteiger partial charge < -0.3 is 22.7 Å². The largest absolute Gasteiger partial charge is 0.758 e. The first kappa shape index (κ1) is 17.7. The molecule has 0 spiro atoms. The van der Waals surface area contributed by atoms with Crippen LogP contribution in [0.5, 0.6) is 0 Å². The zero-order chi connectivity index (χ0) is 16.8. The molecule has 1 atom stereocenters. The minimum absolute atomic E-state index is 0.101. The first-order valence-electron chi connectivity index (χ1n) is 7.18. The second kappa shape index (κ2) is 8.29. The van der Waals surface area contributed by atoms with E-state index in [-0.39, 0.29) is 12.4 Å². The van der Waals surface area contributed by atoms with Gasteiger partial charge in [-0.1, -0.05) is 28.1 Å². The van der Waals surface area contributed by atoms with Crippen LogP contribution in [0, 0.1) is 0 Å². The number of Topliss-reactive ketones (excluding diaryl/α,β-unsaturated/α-hetero) is 1. The van der Waals surface area contributed by atoms with E-state index >= 15 is 0 Å². The summed E-state index contributed by atoms with van der Waals surface area (Å²) in [5.41, 5.74) is 1.26. The fourth-order valence-corrected chi connectivity index (χ4v) is 2.97. The molecule has 0 saturated heterocycles. The Labute approximate surface area is 149 Å². The highest BCUT2D eigenvalue weighted by Gasteiger charge is 2.28. The molecule has 1 aromatic heterocycles. The van der Waals surface area contributed by atoms with Crippen LogP contribution in [-0.2, 0) is 19.2 Å². The van der Waals surface area contributed by atoms with E-state index in [1.54, 1.807) is 41.2 Å². The van der Waals surface area contributed by atoms with E-state index < -0.39 is 6.04 Å². The molecule has 0 bridgehead atoms. The first-order valence-corrected chi connectivity index (χ1v) is 8.38. The zero-order valence-corrected chi connectivity index (χ0v) is 15.0. The molecule has 0 aliphatic heterocycles. The highest BCUT2D eigenvalue weighted by Crippen LogP contribution is 2.17. The summed E-state index contributed by atoms with van der Waals surface area (Å²) in [6.45, 7) is 2.29. The van der Waals surface area contributed by atoms with Gasteiger partial charge >= 0.3 is 0 Å². The number of hydrogen-bond donors (Lipinski definition) is 1. The Morgan fingerprint density at radius 1 is 1.39 bits per heavy atom. The zero-order valence-electron chi connectivity index (χ0n) is 12.6. The maximum absolute atomic E-state index is 13.0. The van der Waals surface area contributed by atoms with Crippen LogP contribution in [0.3, 0.4) is 0 Å². The van der Waals surface area contributed by atoms with Crippen molar-refractivity contribution in [2.45, 2.75) is 19.6 Å². The molecule has 0 amide bonds. The monoisotopic (exact) mass is 392 g/mol. The number of carbonyl (C=O) groups excluding carboxylic acids is 1. The highest BCUT2D eigenvalue weighted by molar-refractivity contribution is 9.10. The van der Waals surface area contributed by atoms with Crippen molar-refractivity contribution in [2.24, 2.45) is 4.99 Å². The fraction of sp³-hybridized carbons (Fsp3) is 0.235. The molecule has 2 rings (SSSR count). The summed E-state index contributed by atoms with van der Waals surface area (Å²) >= 11 is 8.74. The smallest absolute Gasteiger partial charge is 0.237 e. The van der Waals surface area contributed by atoms with Crippen LogP contribution in [0.2, 0.25) is 0 Å². The third-order valence-corrected chi connectivity index (χ3v) is 4.12. The summed E-state index contributed by atoms with van der Waals surface area (Å²) in [4.78, 5) is 17.2. The van der Waals surface area contributed by atoms with E-state index in [9.17, 15) is 9.90 Å². The molecule has 0 saturated carbocycles. The van der Waals surface area contributed by atoms with Gasteiger partial charge in [-0.15, -0.1) is 0 Å². The Balaban J connectivity index is 2.49. The van der Waals surface area contributed by atoms with Crippen LogP contribution in [0.1, 0.15) is 28.9 Å². The first-order chi connectivity index (χ1) is 11.1. The lowest BCUT2D eigenvalue weighted by atomic mass is 10.0. The van der Waals surface area contributed by atoms with Gasteiger partial charge in [0, 0.05) is 28.2 Å². The molecule has 1 heterocycles. The van der Waals surface area contributed by atoms with Gasteiger partial charge in [0.05, 0.1) is 6.61 Å². The van der Waals surface area contributed by atoms with E-state index in [1.807, 2.05) is 19.1 Å². The summed E-state index contributed by atoms with van der Waals surface area (Å²) in [6.07, 6.45) is 3.48. The number of aliphatic hydroxyl groups excluding tert-OH is 1. The number of aliphatic hydroxyl groups is 1. The van der Waals surface area contributed by atoms with Crippen molar-refractivity contribution < 1.29 is 14.5 Å². The van der Waals surface area contributed by atoms with Crippen molar-refractivity contribution >= 4 is 39.4 Å². The van der Waals surface area contributed by atoms with Crippen molar-refractivity contribution in [1.82, 2.24) is 0 Å². The van der Waals surface area contributed by atoms with Crippen molar-refractivity contribution in [3.05, 3.63) is 64.4 Å². The van der Waals surface area contributed by atoms with Gasteiger partial charge in [-0.25, -0.2) is 0 Å². The number of pyridine rings is 1. The molecule has 2 aromatic rings. The standard InChI is InChI=1S/C17H17BrN2O2S/c1-2-19-17(23)15(20-8-4-5-12(10-20)11-21)16(22)13-6-3-7-14(18)9-13/h3-10,15,21H,2,11H2,1H3. The Morgan fingerprint density at radius 3 is 2.83 bits per heavy atom. The van der Waals surface area contributed by atoms with Crippen LogP contribution in [0.25, 0.3) is 0 Å². The predicted octanol–water partition coefficient (Wildman–Crippen LogP) is 2.62. The Kier molecular flexibility index (Phi) is 6.38. The second-order valence-electron chi connectivity index (χ2n) is 4.91. The van der Waals surface area contributed by atoms with Crippen molar-refractivity contribution in [1.29, 1.82) is 0 Å². The van der Waals surface area contributed by atoms with Gasteiger partial charge in [0.25, 0.3) is 0 Å². The Hall–Kier alpha value is -1.63. The molecule has 0 fully saturated rings. The molecule has 6 heteroatoms. The summed E-state index contributed by atoms with van der Waals surface area (Å²) in [5, 5.41) is 9.65. The fourth-order valence-electron chi connectivity index (χ4n) is 2.21. The molecule has 23 heavy (non-hydrogen) atoms. The SMILES string of the molecule is CCN=C([S-])C(C(=O)c1cccc(Br)c1)[n+]1cccc(CO)c1. The van der Waals surface area contributed by atoms with E-state index in [4.69, 9.17) is 12.6 Å². The van der Waals surface area contributed by atoms with Crippen molar-refractivity contribution in [2.75, 3.05) is 6.54 Å². The number of hydrogen-bond acceptors (Lipinski definition) is 4. The molecule has 120 valence electrons. The Bertz CT molecular complexity index is 734. The van der Waals surface area contributed by atoms with Gasteiger partial charge in [0.1, 0.15) is 0 Å². The molecule has 4 nitrogen and oxygen atoms in total. The Morgan fingerprint density at radius 2 is 2.17 bits per heavy atom. The van der Waals surface area contributed by atoms with E-state index in [2.05, 4.69) is 20.9 Å². The highest BCUT2D eigenvalue weighted by atomic mass is 79.9. The van der Waals surface area contributed by atoms with Crippen LogP contribution >= 0.6 is 15.9 Å². The van der Waals surface area contributed by atoms with Crippen molar-refractivity contribution in [3.8, 4) is 0 Å². The molecular weight excluding hydrogens is 376 g/mol. The molecule has 0 radical (unpaired) electrons. The molecule has 1 N–H and O–H groups in total. The maximum Gasteiger partial charge on any atom is 0.237 e. The minimum atomic E-state index is -0.703. The average molecular weight is 393 g/mol. The van der Waals surface area contributed by atoms with Gasteiger partial charge in [-0.05, 0) is 30.2 Å².